The third kappa shape index (κ3) is 2.67. The summed E-state index contributed by atoms with van der Waals surface area (Å²) >= 11 is 0. The van der Waals surface area contributed by atoms with Gasteiger partial charge in [-0.3, -0.25) is 9.78 Å². The molecule has 0 saturated heterocycles. The van der Waals surface area contributed by atoms with E-state index in [2.05, 4.69) is 15.0 Å². The van der Waals surface area contributed by atoms with Crippen LogP contribution in [0, 0.1) is 0 Å². The fourth-order valence-electron chi connectivity index (χ4n) is 2.48. The largest absolute Gasteiger partial charge is 0.306 e. The predicted octanol–water partition coefficient (Wildman–Crippen LogP) is 0.540. The summed E-state index contributed by atoms with van der Waals surface area (Å²) in [6, 6.07) is 3.49. The Bertz CT molecular complexity index is 846. The van der Waals surface area contributed by atoms with Gasteiger partial charge in [0.25, 0.3) is 5.56 Å². The Morgan fingerprint density at radius 2 is 2.05 bits per heavy atom. The Kier molecular flexibility index (Phi) is 3.79. The smallest absolute Gasteiger partial charge is 0.254 e. The molecule has 7 nitrogen and oxygen atoms in total. The highest BCUT2D eigenvalue weighted by Crippen LogP contribution is 2.20. The monoisotopic (exact) mass is 320 g/mol. The molecule has 116 valence electrons. The van der Waals surface area contributed by atoms with E-state index in [-0.39, 0.29) is 17.9 Å². The zero-order valence-electron chi connectivity index (χ0n) is 12.1. The number of aromatic nitrogens is 3. The molecule has 1 aliphatic rings. The number of pyridine rings is 1. The van der Waals surface area contributed by atoms with Crippen LogP contribution in [0.2, 0.25) is 0 Å². The Morgan fingerprint density at radius 3 is 2.73 bits per heavy atom. The minimum absolute atomic E-state index is 0.0444. The highest BCUT2D eigenvalue weighted by molar-refractivity contribution is 7.89. The molecule has 1 N–H and O–H groups in total. The first-order valence-electron chi connectivity index (χ1n) is 7.01. The molecule has 0 amide bonds. The van der Waals surface area contributed by atoms with E-state index in [9.17, 15) is 13.2 Å². The van der Waals surface area contributed by atoms with E-state index in [1.165, 1.54) is 4.31 Å². The summed E-state index contributed by atoms with van der Waals surface area (Å²) in [5.41, 5.74) is 1.63. The van der Waals surface area contributed by atoms with Gasteiger partial charge in [-0.15, -0.1) is 0 Å². The lowest BCUT2D eigenvalue weighted by Gasteiger charge is -2.26. The number of H-pyrrole nitrogens is 1. The van der Waals surface area contributed by atoms with E-state index in [0.29, 0.717) is 30.0 Å². The first kappa shape index (κ1) is 14.9. The van der Waals surface area contributed by atoms with Gasteiger partial charge in [0, 0.05) is 30.1 Å². The van der Waals surface area contributed by atoms with Crippen LogP contribution in [0.3, 0.4) is 0 Å². The minimum atomic E-state index is -3.28. The molecule has 0 spiro atoms. The average molecular weight is 320 g/mol. The molecular weight excluding hydrogens is 304 g/mol. The molecule has 3 rings (SSSR count). The lowest BCUT2D eigenvalue weighted by molar-refractivity contribution is 0.384. The first-order valence-corrected chi connectivity index (χ1v) is 8.62. The minimum Gasteiger partial charge on any atom is -0.306 e. The van der Waals surface area contributed by atoms with E-state index in [0.717, 1.165) is 5.56 Å². The van der Waals surface area contributed by atoms with Gasteiger partial charge in [0.05, 0.1) is 18.0 Å². The summed E-state index contributed by atoms with van der Waals surface area (Å²) < 4.78 is 25.4. The second-order valence-corrected chi connectivity index (χ2v) is 7.32. The van der Waals surface area contributed by atoms with Gasteiger partial charge in [0.2, 0.25) is 10.0 Å². The fraction of sp³-hybridized carbons (Fsp3) is 0.357. The van der Waals surface area contributed by atoms with Crippen molar-refractivity contribution in [1.82, 2.24) is 19.3 Å². The molecule has 0 bridgehead atoms. The molecule has 2 aromatic heterocycles. The molecule has 0 radical (unpaired) electrons. The van der Waals surface area contributed by atoms with Crippen molar-refractivity contribution >= 4 is 10.0 Å². The highest BCUT2D eigenvalue weighted by atomic mass is 32.2. The van der Waals surface area contributed by atoms with Crippen molar-refractivity contribution in [3.63, 3.8) is 0 Å². The van der Waals surface area contributed by atoms with Gasteiger partial charge in [0.1, 0.15) is 5.82 Å². The number of hydrogen-bond acceptors (Lipinski definition) is 5. The topological polar surface area (TPSA) is 96.0 Å². The maximum absolute atomic E-state index is 12.2. The van der Waals surface area contributed by atoms with E-state index in [1.807, 2.05) is 0 Å². The molecule has 8 heteroatoms. The first-order chi connectivity index (χ1) is 10.5. The lowest BCUT2D eigenvalue weighted by Crippen LogP contribution is -2.39. The predicted molar refractivity (Wildman–Crippen MR) is 81.7 cm³/mol. The Labute approximate surface area is 128 Å². The van der Waals surface area contributed by atoms with Crippen LogP contribution in [0.25, 0.3) is 11.4 Å². The van der Waals surface area contributed by atoms with Gasteiger partial charge in [0.15, 0.2) is 0 Å². The van der Waals surface area contributed by atoms with Crippen molar-refractivity contribution in [2.75, 3.05) is 12.3 Å². The van der Waals surface area contributed by atoms with Crippen molar-refractivity contribution in [3.05, 3.63) is 46.1 Å². The van der Waals surface area contributed by atoms with Crippen LogP contribution in [0.4, 0.5) is 0 Å². The Hall–Kier alpha value is -2.06. The third-order valence-corrected chi connectivity index (χ3v) is 5.58. The molecule has 0 unspecified atom stereocenters. The van der Waals surface area contributed by atoms with Crippen LogP contribution >= 0.6 is 0 Å². The summed E-state index contributed by atoms with van der Waals surface area (Å²) in [6.07, 6.45) is 3.61. The number of sulfonamides is 1. The second-order valence-electron chi connectivity index (χ2n) is 5.06. The number of nitrogens with one attached hydrogen (secondary N) is 1. The molecule has 0 atom stereocenters. The van der Waals surface area contributed by atoms with Crippen LogP contribution in [0.15, 0.2) is 29.3 Å². The van der Waals surface area contributed by atoms with E-state index < -0.39 is 10.0 Å². The SMILES string of the molecule is CCS(=O)(=O)N1CCc2c(nc(-c3ccncc3)[nH]c2=O)C1. The quantitative estimate of drug-likeness (QED) is 0.890. The molecule has 2 aromatic rings. The standard InChI is InChI=1S/C14H16N4O3S/c1-2-22(20,21)18-8-5-11-12(9-18)16-13(17-14(11)19)10-3-6-15-7-4-10/h3-4,6-7H,2,5,8-9H2,1H3,(H,16,17,19). The van der Waals surface area contributed by atoms with E-state index >= 15 is 0 Å². The summed E-state index contributed by atoms with van der Waals surface area (Å²) in [4.78, 5) is 23.3. The molecule has 3 heterocycles. The molecular formula is C14H16N4O3S. The average Bonchev–Trinajstić information content (AvgIpc) is 2.55. The van der Waals surface area contributed by atoms with Crippen LogP contribution in [-0.2, 0) is 23.0 Å². The van der Waals surface area contributed by atoms with Gasteiger partial charge >= 0.3 is 0 Å². The Morgan fingerprint density at radius 1 is 1.32 bits per heavy atom. The zero-order valence-corrected chi connectivity index (χ0v) is 12.9. The Balaban J connectivity index is 2.04. The van der Waals surface area contributed by atoms with Crippen molar-refractivity contribution in [2.24, 2.45) is 0 Å². The van der Waals surface area contributed by atoms with E-state index in [4.69, 9.17) is 0 Å². The van der Waals surface area contributed by atoms with Crippen LogP contribution in [0.5, 0.6) is 0 Å². The second kappa shape index (κ2) is 5.62. The summed E-state index contributed by atoms with van der Waals surface area (Å²) in [5.74, 6) is 0.477. The summed E-state index contributed by atoms with van der Waals surface area (Å²) in [5, 5.41) is 0. The molecule has 0 aliphatic carbocycles. The number of rotatable bonds is 3. The van der Waals surface area contributed by atoms with Crippen LogP contribution in [-0.4, -0.2) is 40.0 Å². The summed E-state index contributed by atoms with van der Waals surface area (Å²) in [6.45, 7) is 2.08. The van der Waals surface area contributed by atoms with Crippen molar-refractivity contribution in [2.45, 2.75) is 19.9 Å². The van der Waals surface area contributed by atoms with Gasteiger partial charge in [-0.05, 0) is 25.5 Å². The van der Waals surface area contributed by atoms with Crippen LogP contribution < -0.4 is 5.56 Å². The highest BCUT2D eigenvalue weighted by Gasteiger charge is 2.28. The summed E-state index contributed by atoms with van der Waals surface area (Å²) in [7, 11) is -3.28. The number of nitrogens with zero attached hydrogens (tertiary/aromatic N) is 3. The number of fused-ring (bicyclic) bond motifs is 1. The molecule has 0 aromatic carbocycles. The fourth-order valence-corrected chi connectivity index (χ4v) is 3.54. The number of aromatic amines is 1. The maximum Gasteiger partial charge on any atom is 0.254 e. The maximum atomic E-state index is 12.2. The molecule has 0 saturated carbocycles. The van der Waals surface area contributed by atoms with Gasteiger partial charge in [-0.25, -0.2) is 13.4 Å². The van der Waals surface area contributed by atoms with Crippen molar-refractivity contribution in [3.8, 4) is 11.4 Å². The lowest BCUT2D eigenvalue weighted by atomic mass is 10.1. The molecule has 0 fully saturated rings. The van der Waals surface area contributed by atoms with E-state index in [1.54, 1.807) is 31.5 Å². The third-order valence-electron chi connectivity index (χ3n) is 3.75. The van der Waals surface area contributed by atoms with Gasteiger partial charge in [-0.1, -0.05) is 0 Å². The number of hydrogen-bond donors (Lipinski definition) is 1. The molecule has 22 heavy (non-hydrogen) atoms. The molecule has 1 aliphatic heterocycles. The zero-order chi connectivity index (χ0) is 15.7. The van der Waals surface area contributed by atoms with Crippen molar-refractivity contribution in [1.29, 1.82) is 0 Å². The normalized spacial score (nSPS) is 15.5. The van der Waals surface area contributed by atoms with Crippen LogP contribution in [0.1, 0.15) is 18.2 Å². The van der Waals surface area contributed by atoms with Gasteiger partial charge in [-0.2, -0.15) is 4.31 Å². The van der Waals surface area contributed by atoms with Crippen molar-refractivity contribution < 1.29 is 8.42 Å². The van der Waals surface area contributed by atoms with Gasteiger partial charge < -0.3 is 4.98 Å².